The number of nitrogens with one attached hydrogen (secondary N) is 2. The van der Waals surface area contributed by atoms with Crippen LogP contribution in [0.2, 0.25) is 0 Å². The molecule has 0 aromatic heterocycles. The summed E-state index contributed by atoms with van der Waals surface area (Å²) in [5.74, 6) is 0.190. The highest BCUT2D eigenvalue weighted by atomic mass is 16.6. The second kappa shape index (κ2) is 9.44. The molecule has 0 radical (unpaired) electrons. The van der Waals surface area contributed by atoms with Crippen LogP contribution in [-0.4, -0.2) is 54.6 Å². The summed E-state index contributed by atoms with van der Waals surface area (Å²) in [5, 5.41) is 5.39. The number of hydrogen-bond donors (Lipinski definition) is 2. The van der Waals surface area contributed by atoms with E-state index in [9.17, 15) is 14.4 Å². The van der Waals surface area contributed by atoms with Crippen LogP contribution in [0.15, 0.2) is 11.6 Å². The molecule has 1 aliphatic heterocycles. The lowest BCUT2D eigenvalue weighted by molar-refractivity contribution is -0.131. The Morgan fingerprint density at radius 3 is 2.24 bits per heavy atom. The minimum absolute atomic E-state index is 0.0586. The van der Waals surface area contributed by atoms with Gasteiger partial charge in [-0.25, -0.2) is 4.79 Å². The molecule has 25 heavy (non-hydrogen) atoms. The first-order chi connectivity index (χ1) is 11.6. The fourth-order valence-electron chi connectivity index (χ4n) is 2.52. The molecule has 0 unspecified atom stereocenters. The molecule has 1 aliphatic rings. The Hall–Kier alpha value is -2.05. The molecule has 0 aromatic carbocycles. The van der Waals surface area contributed by atoms with Crippen molar-refractivity contribution in [3.8, 4) is 0 Å². The van der Waals surface area contributed by atoms with E-state index in [1.807, 2.05) is 13.8 Å². The lowest BCUT2D eigenvalue weighted by atomic mass is 9.96. The van der Waals surface area contributed by atoms with Crippen LogP contribution in [0, 0.1) is 5.92 Å². The Balaban J connectivity index is 2.27. The van der Waals surface area contributed by atoms with E-state index >= 15 is 0 Å². The summed E-state index contributed by atoms with van der Waals surface area (Å²) in [6.45, 7) is 10.9. The predicted octanol–water partition coefficient (Wildman–Crippen LogP) is 1.83. The van der Waals surface area contributed by atoms with E-state index in [4.69, 9.17) is 4.74 Å². The van der Waals surface area contributed by atoms with Gasteiger partial charge in [-0.15, -0.1) is 0 Å². The number of piperidine rings is 1. The smallest absolute Gasteiger partial charge is 0.408 e. The molecule has 0 spiro atoms. The molecule has 1 heterocycles. The molecule has 3 amide bonds. The SMILES string of the molecule is CC(C)=CC(=O)NCC1CCN(C(=O)CNC(=O)OC(C)(C)C)CC1. The van der Waals surface area contributed by atoms with Crippen LogP contribution in [-0.2, 0) is 14.3 Å². The Morgan fingerprint density at radius 2 is 1.72 bits per heavy atom. The maximum absolute atomic E-state index is 12.1. The van der Waals surface area contributed by atoms with Gasteiger partial charge in [0, 0.05) is 25.7 Å². The summed E-state index contributed by atoms with van der Waals surface area (Å²) in [4.78, 5) is 37.1. The molecule has 0 saturated carbocycles. The largest absolute Gasteiger partial charge is 0.444 e. The fourth-order valence-corrected chi connectivity index (χ4v) is 2.52. The summed E-state index contributed by atoms with van der Waals surface area (Å²) >= 11 is 0. The van der Waals surface area contributed by atoms with E-state index in [0.29, 0.717) is 25.6 Å². The summed E-state index contributed by atoms with van der Waals surface area (Å²) in [6.07, 6.45) is 2.68. The summed E-state index contributed by atoms with van der Waals surface area (Å²) in [5.41, 5.74) is 0.386. The van der Waals surface area contributed by atoms with Gasteiger partial charge >= 0.3 is 6.09 Å². The molecule has 7 nitrogen and oxygen atoms in total. The first kappa shape index (κ1) is 21.0. The molecule has 0 aliphatic carbocycles. The average Bonchev–Trinajstić information content (AvgIpc) is 2.49. The number of allylic oxidation sites excluding steroid dienone is 1. The van der Waals surface area contributed by atoms with E-state index in [-0.39, 0.29) is 18.4 Å². The molecular weight excluding hydrogens is 322 g/mol. The zero-order valence-corrected chi connectivity index (χ0v) is 16.0. The Labute approximate surface area is 150 Å². The van der Waals surface area contributed by atoms with Crippen molar-refractivity contribution in [2.75, 3.05) is 26.2 Å². The summed E-state index contributed by atoms with van der Waals surface area (Å²) in [6, 6.07) is 0. The predicted molar refractivity (Wildman–Crippen MR) is 96.0 cm³/mol. The Kier molecular flexibility index (Phi) is 7.93. The van der Waals surface area contributed by atoms with Crippen LogP contribution in [0.5, 0.6) is 0 Å². The molecule has 1 saturated heterocycles. The third kappa shape index (κ3) is 9.12. The first-order valence-electron chi connectivity index (χ1n) is 8.74. The van der Waals surface area contributed by atoms with Crippen molar-refractivity contribution < 1.29 is 19.1 Å². The third-order valence-electron chi connectivity index (χ3n) is 3.73. The van der Waals surface area contributed by atoms with Gasteiger partial charge in [0.2, 0.25) is 11.8 Å². The van der Waals surface area contributed by atoms with Crippen LogP contribution in [0.3, 0.4) is 0 Å². The van der Waals surface area contributed by atoms with E-state index < -0.39 is 11.7 Å². The maximum atomic E-state index is 12.1. The number of hydrogen-bond acceptors (Lipinski definition) is 4. The molecule has 2 N–H and O–H groups in total. The minimum Gasteiger partial charge on any atom is -0.444 e. The van der Waals surface area contributed by atoms with Crippen molar-refractivity contribution in [1.82, 2.24) is 15.5 Å². The first-order valence-corrected chi connectivity index (χ1v) is 8.74. The van der Waals surface area contributed by atoms with Crippen LogP contribution >= 0.6 is 0 Å². The van der Waals surface area contributed by atoms with Gasteiger partial charge in [-0.1, -0.05) is 5.57 Å². The van der Waals surface area contributed by atoms with Crippen LogP contribution in [0.1, 0.15) is 47.5 Å². The van der Waals surface area contributed by atoms with Crippen LogP contribution < -0.4 is 10.6 Å². The van der Waals surface area contributed by atoms with Crippen molar-refractivity contribution >= 4 is 17.9 Å². The van der Waals surface area contributed by atoms with Gasteiger partial charge in [0.1, 0.15) is 12.1 Å². The highest BCUT2D eigenvalue weighted by Gasteiger charge is 2.24. The van der Waals surface area contributed by atoms with Crippen molar-refractivity contribution in [1.29, 1.82) is 0 Å². The summed E-state index contributed by atoms with van der Waals surface area (Å²) in [7, 11) is 0. The van der Waals surface area contributed by atoms with Crippen molar-refractivity contribution in [3.63, 3.8) is 0 Å². The highest BCUT2D eigenvalue weighted by Crippen LogP contribution is 2.16. The van der Waals surface area contributed by atoms with Crippen molar-refractivity contribution in [2.24, 2.45) is 5.92 Å². The van der Waals surface area contributed by atoms with E-state index in [1.54, 1.807) is 31.7 Å². The van der Waals surface area contributed by atoms with E-state index in [1.165, 1.54) is 0 Å². The Morgan fingerprint density at radius 1 is 1.12 bits per heavy atom. The van der Waals surface area contributed by atoms with Crippen LogP contribution in [0.25, 0.3) is 0 Å². The number of amides is 3. The highest BCUT2D eigenvalue weighted by molar-refractivity contribution is 5.88. The average molecular weight is 353 g/mol. The molecule has 1 fully saturated rings. The zero-order chi connectivity index (χ0) is 19.0. The number of ether oxygens (including phenoxy) is 1. The number of alkyl carbamates (subject to hydrolysis) is 1. The van der Waals surface area contributed by atoms with Gasteiger partial charge < -0.3 is 20.3 Å². The number of nitrogens with zero attached hydrogens (tertiary/aromatic N) is 1. The monoisotopic (exact) mass is 353 g/mol. The second-order valence-electron chi connectivity index (χ2n) is 7.65. The molecule has 0 bridgehead atoms. The lowest BCUT2D eigenvalue weighted by Crippen LogP contribution is -2.46. The molecule has 0 atom stereocenters. The van der Waals surface area contributed by atoms with Gasteiger partial charge in [0.05, 0.1) is 0 Å². The molecule has 7 heteroatoms. The van der Waals surface area contributed by atoms with Crippen LogP contribution in [0.4, 0.5) is 4.79 Å². The zero-order valence-electron chi connectivity index (χ0n) is 16.0. The molecule has 142 valence electrons. The third-order valence-corrected chi connectivity index (χ3v) is 3.73. The molecule has 1 rings (SSSR count). The van der Waals surface area contributed by atoms with E-state index in [2.05, 4.69) is 10.6 Å². The molecule has 0 aromatic rings. The van der Waals surface area contributed by atoms with Gasteiger partial charge in [-0.3, -0.25) is 9.59 Å². The van der Waals surface area contributed by atoms with E-state index in [0.717, 1.165) is 18.4 Å². The number of rotatable bonds is 5. The standard InChI is InChI=1S/C18H31N3O4/c1-13(2)10-15(22)19-11-14-6-8-21(9-7-14)16(23)12-20-17(24)25-18(3,4)5/h10,14H,6-9,11-12H2,1-5H3,(H,19,22)(H,20,24). The number of carbonyl (C=O) groups is 3. The van der Waals surface area contributed by atoms with Gasteiger partial charge in [0.15, 0.2) is 0 Å². The van der Waals surface area contributed by atoms with Gasteiger partial charge in [-0.05, 0) is 53.4 Å². The minimum atomic E-state index is -0.585. The van der Waals surface area contributed by atoms with Crippen molar-refractivity contribution in [2.45, 2.75) is 53.1 Å². The normalized spacial score (nSPS) is 15.3. The number of carbonyl (C=O) groups excluding carboxylic acids is 3. The topological polar surface area (TPSA) is 87.7 Å². The summed E-state index contributed by atoms with van der Waals surface area (Å²) < 4.78 is 5.11. The van der Waals surface area contributed by atoms with Crippen molar-refractivity contribution in [3.05, 3.63) is 11.6 Å². The second-order valence-corrected chi connectivity index (χ2v) is 7.65. The fraction of sp³-hybridized carbons (Fsp3) is 0.722. The number of likely N-dealkylation sites (tertiary alicyclic amines) is 1. The van der Waals surface area contributed by atoms with Gasteiger partial charge in [0.25, 0.3) is 0 Å². The quantitative estimate of drug-likeness (QED) is 0.738. The maximum Gasteiger partial charge on any atom is 0.408 e. The lowest BCUT2D eigenvalue weighted by Gasteiger charge is -2.32. The van der Waals surface area contributed by atoms with Gasteiger partial charge in [-0.2, -0.15) is 0 Å². The Bertz CT molecular complexity index is 511. The molecular formula is C18H31N3O4.